The lowest BCUT2D eigenvalue weighted by atomic mass is 10.1. The van der Waals surface area contributed by atoms with Gasteiger partial charge in [0.1, 0.15) is 17.3 Å². The number of ether oxygens (including phenoxy) is 2. The molecule has 0 saturated heterocycles. The SMILES string of the molecule is COc1ccc(CN2CCn3c(nnc3-c3nc(/C=C/Cl)ns3)C2)c(OC)c1. The van der Waals surface area contributed by atoms with Gasteiger partial charge in [-0.2, -0.15) is 4.37 Å². The first-order chi connectivity index (χ1) is 13.7. The highest BCUT2D eigenvalue weighted by molar-refractivity contribution is 7.09. The van der Waals surface area contributed by atoms with Crippen molar-refractivity contribution in [2.45, 2.75) is 19.6 Å². The van der Waals surface area contributed by atoms with Crippen LogP contribution in [0.5, 0.6) is 11.5 Å². The molecule has 1 aliphatic rings. The summed E-state index contributed by atoms with van der Waals surface area (Å²) in [7, 11) is 3.32. The summed E-state index contributed by atoms with van der Waals surface area (Å²) in [5.74, 6) is 3.85. The van der Waals surface area contributed by atoms with Crippen LogP contribution in [0.4, 0.5) is 0 Å². The van der Waals surface area contributed by atoms with Crippen LogP contribution in [-0.2, 0) is 19.6 Å². The third-order valence-electron chi connectivity index (χ3n) is 4.57. The number of hydrogen-bond donors (Lipinski definition) is 0. The van der Waals surface area contributed by atoms with Gasteiger partial charge in [0.25, 0.3) is 0 Å². The fraction of sp³-hybridized carbons (Fsp3) is 0.333. The lowest BCUT2D eigenvalue weighted by Gasteiger charge is -2.28. The van der Waals surface area contributed by atoms with Gasteiger partial charge in [-0.25, -0.2) is 4.98 Å². The zero-order valence-electron chi connectivity index (χ0n) is 15.5. The molecule has 0 unspecified atom stereocenters. The largest absolute Gasteiger partial charge is 0.497 e. The summed E-state index contributed by atoms with van der Waals surface area (Å²) in [6.07, 6.45) is 1.65. The Hall–Kier alpha value is -2.49. The highest BCUT2D eigenvalue weighted by Crippen LogP contribution is 2.28. The van der Waals surface area contributed by atoms with E-state index in [1.807, 2.05) is 18.2 Å². The third-order valence-corrected chi connectivity index (χ3v) is 5.42. The van der Waals surface area contributed by atoms with Crippen molar-refractivity contribution in [1.29, 1.82) is 0 Å². The molecule has 146 valence electrons. The Morgan fingerprint density at radius 2 is 2.11 bits per heavy atom. The topological polar surface area (TPSA) is 78.2 Å². The number of hydrogen-bond acceptors (Lipinski definition) is 8. The summed E-state index contributed by atoms with van der Waals surface area (Å²) in [4.78, 5) is 6.77. The maximum atomic E-state index is 5.60. The fourth-order valence-electron chi connectivity index (χ4n) is 3.17. The molecule has 2 aromatic heterocycles. The number of rotatable bonds is 6. The summed E-state index contributed by atoms with van der Waals surface area (Å²) in [5.41, 5.74) is 2.51. The summed E-state index contributed by atoms with van der Waals surface area (Å²) >= 11 is 6.89. The van der Waals surface area contributed by atoms with E-state index in [-0.39, 0.29) is 0 Å². The Morgan fingerprint density at radius 1 is 1.21 bits per heavy atom. The highest BCUT2D eigenvalue weighted by Gasteiger charge is 2.24. The number of benzene rings is 1. The smallest absolute Gasteiger partial charge is 0.194 e. The maximum Gasteiger partial charge on any atom is 0.194 e. The first-order valence-corrected chi connectivity index (χ1v) is 9.89. The molecule has 0 radical (unpaired) electrons. The van der Waals surface area contributed by atoms with Gasteiger partial charge in [-0.05, 0) is 23.7 Å². The van der Waals surface area contributed by atoms with Crippen LogP contribution in [0.25, 0.3) is 16.9 Å². The number of halogens is 1. The van der Waals surface area contributed by atoms with Gasteiger partial charge in [0.15, 0.2) is 16.7 Å². The third kappa shape index (κ3) is 3.73. The minimum atomic E-state index is 0.580. The Bertz CT molecular complexity index is 1000. The van der Waals surface area contributed by atoms with Gasteiger partial charge in [0.05, 0.1) is 20.8 Å². The van der Waals surface area contributed by atoms with Crippen LogP contribution in [0.2, 0.25) is 0 Å². The van der Waals surface area contributed by atoms with Crippen LogP contribution >= 0.6 is 23.1 Å². The molecule has 0 fully saturated rings. The molecule has 0 amide bonds. The van der Waals surface area contributed by atoms with Crippen molar-refractivity contribution in [3.05, 3.63) is 40.9 Å². The average molecular weight is 419 g/mol. The number of nitrogens with zero attached hydrogens (tertiary/aromatic N) is 6. The molecular weight excluding hydrogens is 400 g/mol. The number of fused-ring (bicyclic) bond motifs is 1. The van der Waals surface area contributed by atoms with E-state index in [4.69, 9.17) is 21.1 Å². The molecule has 1 aromatic carbocycles. The normalized spacial score (nSPS) is 14.4. The van der Waals surface area contributed by atoms with Gasteiger partial charge in [0.2, 0.25) is 0 Å². The van der Waals surface area contributed by atoms with E-state index in [0.29, 0.717) is 12.4 Å². The fourth-order valence-corrected chi connectivity index (χ4v) is 3.94. The second kappa shape index (κ2) is 8.26. The molecule has 0 N–H and O–H groups in total. The van der Waals surface area contributed by atoms with E-state index < -0.39 is 0 Å². The van der Waals surface area contributed by atoms with E-state index in [2.05, 4.69) is 29.0 Å². The Labute approximate surface area is 171 Å². The predicted molar refractivity (Wildman–Crippen MR) is 107 cm³/mol. The van der Waals surface area contributed by atoms with Crippen LogP contribution in [0.3, 0.4) is 0 Å². The van der Waals surface area contributed by atoms with Crippen molar-refractivity contribution in [1.82, 2.24) is 29.0 Å². The first-order valence-electron chi connectivity index (χ1n) is 8.68. The Balaban J connectivity index is 1.51. The summed E-state index contributed by atoms with van der Waals surface area (Å²) < 4.78 is 17.2. The minimum Gasteiger partial charge on any atom is -0.497 e. The van der Waals surface area contributed by atoms with E-state index in [0.717, 1.165) is 53.4 Å². The summed E-state index contributed by atoms with van der Waals surface area (Å²) in [6, 6.07) is 5.89. The molecule has 0 aliphatic carbocycles. The molecule has 10 heteroatoms. The van der Waals surface area contributed by atoms with Gasteiger partial charge in [-0.1, -0.05) is 17.7 Å². The molecule has 0 saturated carbocycles. The van der Waals surface area contributed by atoms with Crippen molar-refractivity contribution in [2.24, 2.45) is 0 Å². The molecule has 1 aliphatic heterocycles. The van der Waals surface area contributed by atoms with E-state index in [1.165, 1.54) is 17.1 Å². The molecule has 0 spiro atoms. The average Bonchev–Trinajstić information content (AvgIpc) is 3.35. The monoisotopic (exact) mass is 418 g/mol. The highest BCUT2D eigenvalue weighted by atomic mass is 35.5. The second-order valence-electron chi connectivity index (χ2n) is 6.23. The molecule has 4 rings (SSSR count). The molecule has 3 aromatic rings. The van der Waals surface area contributed by atoms with Crippen molar-refractivity contribution >= 4 is 29.2 Å². The van der Waals surface area contributed by atoms with Crippen LogP contribution in [0, 0.1) is 0 Å². The van der Waals surface area contributed by atoms with Gasteiger partial charge in [-0.3, -0.25) is 4.90 Å². The van der Waals surface area contributed by atoms with Crippen molar-refractivity contribution in [3.8, 4) is 22.3 Å². The van der Waals surface area contributed by atoms with E-state index in [9.17, 15) is 0 Å². The Morgan fingerprint density at radius 3 is 2.89 bits per heavy atom. The molecular formula is C18H19ClN6O2S. The predicted octanol–water partition coefficient (Wildman–Crippen LogP) is 3.04. The van der Waals surface area contributed by atoms with Gasteiger partial charge >= 0.3 is 0 Å². The second-order valence-corrected chi connectivity index (χ2v) is 7.23. The maximum absolute atomic E-state index is 5.60. The van der Waals surface area contributed by atoms with Crippen molar-refractivity contribution < 1.29 is 9.47 Å². The van der Waals surface area contributed by atoms with Gasteiger partial charge in [0, 0.05) is 36.8 Å². The molecule has 3 heterocycles. The van der Waals surface area contributed by atoms with Gasteiger partial charge < -0.3 is 14.0 Å². The van der Waals surface area contributed by atoms with Crippen molar-refractivity contribution in [2.75, 3.05) is 20.8 Å². The summed E-state index contributed by atoms with van der Waals surface area (Å²) in [6.45, 7) is 3.13. The summed E-state index contributed by atoms with van der Waals surface area (Å²) in [5, 5.41) is 9.44. The molecule has 28 heavy (non-hydrogen) atoms. The molecule has 0 bridgehead atoms. The van der Waals surface area contributed by atoms with E-state index >= 15 is 0 Å². The standard InChI is InChI=1S/C18H19ClN6O2S/c1-26-13-4-3-12(14(9-13)27-2)10-24-7-8-25-16(11-24)21-22-17(25)18-20-15(5-6-19)23-28-18/h3-6,9H,7-8,10-11H2,1-2H3/b6-5+. The molecule has 8 nitrogen and oxygen atoms in total. The number of methoxy groups -OCH3 is 2. The van der Waals surface area contributed by atoms with Gasteiger partial charge in [-0.15, -0.1) is 10.2 Å². The molecule has 0 atom stereocenters. The van der Waals surface area contributed by atoms with Crippen LogP contribution in [-0.4, -0.2) is 49.8 Å². The Kier molecular flexibility index (Phi) is 5.56. The van der Waals surface area contributed by atoms with Crippen LogP contribution < -0.4 is 9.47 Å². The zero-order chi connectivity index (χ0) is 19.5. The van der Waals surface area contributed by atoms with Crippen molar-refractivity contribution in [3.63, 3.8) is 0 Å². The van der Waals surface area contributed by atoms with E-state index in [1.54, 1.807) is 20.3 Å². The van der Waals surface area contributed by atoms with Crippen LogP contribution in [0.1, 0.15) is 17.2 Å². The van der Waals surface area contributed by atoms with Crippen LogP contribution in [0.15, 0.2) is 23.7 Å². The number of aromatic nitrogens is 5. The zero-order valence-corrected chi connectivity index (χ0v) is 17.1. The first kappa shape index (κ1) is 18.9. The quantitative estimate of drug-likeness (QED) is 0.608. The lowest BCUT2D eigenvalue weighted by Crippen LogP contribution is -2.33. The lowest BCUT2D eigenvalue weighted by molar-refractivity contribution is 0.207. The minimum absolute atomic E-state index is 0.580.